The minimum absolute atomic E-state index is 0.0762. The number of benzene rings is 3. The molecule has 0 aliphatic rings. The number of aryl methyl sites for hydroxylation is 2. The number of ether oxygens (including phenoxy) is 1. The Kier molecular flexibility index (Phi) is 6.65. The van der Waals surface area contributed by atoms with Crippen LogP contribution >= 0.6 is 0 Å². The van der Waals surface area contributed by atoms with Gasteiger partial charge in [-0.05, 0) is 49.2 Å². The lowest BCUT2D eigenvalue weighted by molar-refractivity contribution is 0.0784. The predicted molar refractivity (Wildman–Crippen MR) is 122 cm³/mol. The maximum atomic E-state index is 13.0. The Bertz CT molecular complexity index is 1210. The highest BCUT2D eigenvalue weighted by Crippen LogP contribution is 2.24. The highest BCUT2D eigenvalue weighted by molar-refractivity contribution is 7.92. The summed E-state index contributed by atoms with van der Waals surface area (Å²) in [7, 11) is -0.601. The molecule has 6 nitrogen and oxygen atoms in total. The van der Waals surface area contributed by atoms with Gasteiger partial charge >= 0.3 is 0 Å². The van der Waals surface area contributed by atoms with E-state index in [1.54, 1.807) is 45.3 Å². The molecule has 1 amide bonds. The maximum Gasteiger partial charge on any atom is 0.262 e. The van der Waals surface area contributed by atoms with Gasteiger partial charge in [0.15, 0.2) is 0 Å². The van der Waals surface area contributed by atoms with Gasteiger partial charge in [0, 0.05) is 24.7 Å². The fourth-order valence-electron chi connectivity index (χ4n) is 3.29. The topological polar surface area (TPSA) is 75.7 Å². The van der Waals surface area contributed by atoms with Gasteiger partial charge in [-0.25, -0.2) is 8.42 Å². The molecule has 0 fully saturated rings. The van der Waals surface area contributed by atoms with E-state index in [1.165, 1.54) is 11.0 Å². The summed E-state index contributed by atoms with van der Waals surface area (Å²) in [6.07, 6.45) is 0. The number of hydrogen-bond acceptors (Lipinski definition) is 4. The largest absolute Gasteiger partial charge is 0.496 e. The summed E-state index contributed by atoms with van der Waals surface area (Å²) in [5, 5.41) is 0. The number of carbonyl (C=O) groups excluding carboxylic acids is 1. The lowest BCUT2D eigenvalue weighted by Crippen LogP contribution is -2.27. The minimum Gasteiger partial charge on any atom is -0.496 e. The second-order valence-corrected chi connectivity index (χ2v) is 9.02. The summed E-state index contributed by atoms with van der Waals surface area (Å²) in [5.41, 5.74) is 3.04. The zero-order chi connectivity index (χ0) is 22.6. The van der Waals surface area contributed by atoms with Crippen LogP contribution in [-0.2, 0) is 16.6 Å². The first-order valence-corrected chi connectivity index (χ1v) is 11.3. The molecule has 0 heterocycles. The van der Waals surface area contributed by atoms with E-state index in [1.807, 2.05) is 43.3 Å². The van der Waals surface area contributed by atoms with Crippen molar-refractivity contribution in [1.29, 1.82) is 0 Å². The van der Waals surface area contributed by atoms with E-state index in [9.17, 15) is 13.2 Å². The first-order chi connectivity index (χ1) is 14.7. The molecular formula is C24H26N2O4S. The molecule has 0 aliphatic carbocycles. The monoisotopic (exact) mass is 438 g/mol. The fraction of sp³-hybridized carbons (Fsp3) is 0.208. The van der Waals surface area contributed by atoms with E-state index in [2.05, 4.69) is 4.72 Å². The van der Waals surface area contributed by atoms with Crippen molar-refractivity contribution in [2.45, 2.75) is 25.3 Å². The summed E-state index contributed by atoms with van der Waals surface area (Å²) < 4.78 is 34.1. The molecule has 0 aliphatic heterocycles. The Morgan fingerprint density at radius 3 is 2.35 bits per heavy atom. The summed E-state index contributed by atoms with van der Waals surface area (Å²) >= 11 is 0. The summed E-state index contributed by atoms with van der Waals surface area (Å²) in [6.45, 7) is 3.87. The van der Waals surface area contributed by atoms with Crippen LogP contribution in [0.25, 0.3) is 0 Å². The summed E-state index contributed by atoms with van der Waals surface area (Å²) in [5.74, 6) is 0.412. The fourth-order valence-corrected chi connectivity index (χ4v) is 4.69. The van der Waals surface area contributed by atoms with Gasteiger partial charge in [-0.2, -0.15) is 0 Å². The number of nitrogens with zero attached hydrogens (tertiary/aromatic N) is 1. The first kappa shape index (κ1) is 22.4. The minimum atomic E-state index is -3.86. The molecule has 0 aromatic heterocycles. The maximum absolute atomic E-state index is 13.0. The standard InChI is InChI=1S/C24H26N2O4S/c1-17-9-5-7-11-21(17)25-31(28,29)23-15-19(14-13-18(23)2)24(27)26(3)16-20-10-6-8-12-22(20)30-4/h5-15,25H,16H2,1-4H3. The average Bonchev–Trinajstić information content (AvgIpc) is 2.75. The first-order valence-electron chi connectivity index (χ1n) is 9.79. The van der Waals surface area contributed by atoms with Crippen LogP contribution < -0.4 is 9.46 Å². The van der Waals surface area contributed by atoms with E-state index in [0.29, 0.717) is 29.1 Å². The third-order valence-corrected chi connectivity index (χ3v) is 6.57. The van der Waals surface area contributed by atoms with Crippen molar-refractivity contribution in [2.75, 3.05) is 18.9 Å². The van der Waals surface area contributed by atoms with Crippen LogP contribution in [-0.4, -0.2) is 33.4 Å². The Morgan fingerprint density at radius 1 is 0.968 bits per heavy atom. The Labute approximate surface area is 183 Å². The summed E-state index contributed by atoms with van der Waals surface area (Å²) in [4.78, 5) is 14.6. The van der Waals surface area contributed by atoms with Crippen LogP contribution in [0.5, 0.6) is 5.75 Å². The third-order valence-electron chi connectivity index (χ3n) is 5.06. The highest BCUT2D eigenvalue weighted by atomic mass is 32.2. The van der Waals surface area contributed by atoms with Crippen molar-refractivity contribution in [3.63, 3.8) is 0 Å². The molecule has 0 bridgehead atoms. The molecule has 0 atom stereocenters. The molecule has 0 radical (unpaired) electrons. The molecule has 0 unspecified atom stereocenters. The Morgan fingerprint density at radius 2 is 1.65 bits per heavy atom. The van der Waals surface area contributed by atoms with Gasteiger partial charge in [0.1, 0.15) is 5.75 Å². The molecule has 1 N–H and O–H groups in total. The van der Waals surface area contributed by atoms with Crippen molar-refractivity contribution in [3.05, 3.63) is 89.0 Å². The van der Waals surface area contributed by atoms with Gasteiger partial charge in [0.25, 0.3) is 15.9 Å². The van der Waals surface area contributed by atoms with E-state index < -0.39 is 10.0 Å². The smallest absolute Gasteiger partial charge is 0.262 e. The number of rotatable bonds is 7. The number of nitrogens with one attached hydrogen (secondary N) is 1. The second-order valence-electron chi connectivity index (χ2n) is 7.37. The van der Waals surface area contributed by atoms with E-state index in [-0.39, 0.29) is 10.8 Å². The zero-order valence-corrected chi connectivity index (χ0v) is 18.9. The molecule has 0 saturated heterocycles. The van der Waals surface area contributed by atoms with Gasteiger partial charge in [0.05, 0.1) is 17.7 Å². The van der Waals surface area contributed by atoms with Crippen LogP contribution in [0, 0.1) is 13.8 Å². The van der Waals surface area contributed by atoms with Gasteiger partial charge in [-0.1, -0.05) is 42.5 Å². The molecular weight excluding hydrogens is 412 g/mol. The van der Waals surface area contributed by atoms with Crippen molar-refractivity contribution in [3.8, 4) is 5.75 Å². The number of hydrogen-bond donors (Lipinski definition) is 1. The van der Waals surface area contributed by atoms with Gasteiger partial charge in [-0.15, -0.1) is 0 Å². The van der Waals surface area contributed by atoms with Crippen molar-refractivity contribution >= 4 is 21.6 Å². The zero-order valence-electron chi connectivity index (χ0n) is 18.0. The Balaban J connectivity index is 1.87. The SMILES string of the molecule is COc1ccccc1CN(C)C(=O)c1ccc(C)c(S(=O)(=O)Nc2ccccc2C)c1. The predicted octanol–water partition coefficient (Wildman–Crippen LogP) is 4.39. The van der Waals surface area contributed by atoms with Crippen LogP contribution in [0.2, 0.25) is 0 Å². The molecule has 0 saturated carbocycles. The molecule has 31 heavy (non-hydrogen) atoms. The molecule has 7 heteroatoms. The van der Waals surface area contributed by atoms with Gasteiger partial charge in [-0.3, -0.25) is 9.52 Å². The molecule has 3 aromatic rings. The number of carbonyl (C=O) groups is 1. The van der Waals surface area contributed by atoms with Crippen LogP contribution in [0.3, 0.4) is 0 Å². The summed E-state index contributed by atoms with van der Waals surface area (Å²) in [6, 6.07) is 19.3. The molecule has 3 rings (SSSR count). The van der Waals surface area contributed by atoms with Gasteiger partial charge in [0.2, 0.25) is 0 Å². The van der Waals surface area contributed by atoms with Crippen molar-refractivity contribution in [1.82, 2.24) is 4.90 Å². The quantitative estimate of drug-likeness (QED) is 0.594. The average molecular weight is 439 g/mol. The normalized spacial score (nSPS) is 11.1. The molecule has 162 valence electrons. The number of methoxy groups -OCH3 is 1. The number of anilines is 1. The number of para-hydroxylation sites is 2. The van der Waals surface area contributed by atoms with Crippen LogP contribution in [0.4, 0.5) is 5.69 Å². The number of sulfonamides is 1. The number of amides is 1. The Hall–Kier alpha value is -3.32. The van der Waals surface area contributed by atoms with Crippen LogP contribution in [0.15, 0.2) is 71.6 Å². The van der Waals surface area contributed by atoms with Gasteiger partial charge < -0.3 is 9.64 Å². The van der Waals surface area contributed by atoms with Crippen LogP contribution in [0.1, 0.15) is 27.0 Å². The lowest BCUT2D eigenvalue weighted by atomic mass is 10.1. The van der Waals surface area contributed by atoms with E-state index in [4.69, 9.17) is 4.74 Å². The third kappa shape index (κ3) is 5.06. The van der Waals surface area contributed by atoms with Crippen molar-refractivity contribution < 1.29 is 17.9 Å². The van der Waals surface area contributed by atoms with Crippen molar-refractivity contribution in [2.24, 2.45) is 0 Å². The highest BCUT2D eigenvalue weighted by Gasteiger charge is 2.21. The lowest BCUT2D eigenvalue weighted by Gasteiger charge is -2.20. The van der Waals surface area contributed by atoms with E-state index >= 15 is 0 Å². The van der Waals surface area contributed by atoms with E-state index in [0.717, 1.165) is 11.1 Å². The molecule has 3 aromatic carbocycles. The molecule has 0 spiro atoms. The second kappa shape index (κ2) is 9.22.